The number of non-ortho nitro benzene ring substituents is 1. The maximum Gasteiger partial charge on any atom is 0.279 e. The standard InChI is InChI=1S/C21H16N4O5/c26-25(27)17-7-8-18(15-9-10-22-12-16(15)17)29-14-5-3-13(4-6-14)20-23-21(30-24-20)19-2-1-11-28-19/h3-10,12,19H,1-2,11H2. The SMILES string of the molecule is O=[N+]([O-])c1ccc(Oc2ccc(-c3noc(C4CCCO4)n3)cc2)c2ccncc12. The number of nitro groups is 1. The molecule has 1 atom stereocenters. The summed E-state index contributed by atoms with van der Waals surface area (Å²) in [6.45, 7) is 0.710. The molecule has 2 aromatic carbocycles. The van der Waals surface area contributed by atoms with E-state index in [1.807, 2.05) is 12.1 Å². The first-order chi connectivity index (χ1) is 14.7. The van der Waals surface area contributed by atoms with Gasteiger partial charge in [-0.1, -0.05) is 5.16 Å². The van der Waals surface area contributed by atoms with Crippen molar-refractivity contribution in [2.75, 3.05) is 6.61 Å². The Balaban J connectivity index is 1.39. The number of fused-ring (bicyclic) bond motifs is 1. The molecule has 0 amide bonds. The zero-order valence-corrected chi connectivity index (χ0v) is 15.7. The van der Waals surface area contributed by atoms with Crippen molar-refractivity contribution in [3.63, 3.8) is 0 Å². The molecule has 1 saturated heterocycles. The molecule has 2 aromatic heterocycles. The highest BCUT2D eigenvalue weighted by Gasteiger charge is 2.24. The molecule has 0 spiro atoms. The van der Waals surface area contributed by atoms with Crippen molar-refractivity contribution in [1.29, 1.82) is 0 Å². The van der Waals surface area contributed by atoms with Gasteiger partial charge in [-0.15, -0.1) is 0 Å². The van der Waals surface area contributed by atoms with Gasteiger partial charge in [0.05, 0.1) is 10.3 Å². The maximum atomic E-state index is 11.3. The summed E-state index contributed by atoms with van der Waals surface area (Å²) in [4.78, 5) is 19.2. The average Bonchev–Trinajstić information content (AvgIpc) is 3.46. The lowest BCUT2D eigenvalue weighted by atomic mass is 10.1. The smallest absolute Gasteiger partial charge is 0.279 e. The molecule has 0 saturated carbocycles. The molecular formula is C21H16N4O5. The van der Waals surface area contributed by atoms with Gasteiger partial charge in [-0.3, -0.25) is 15.1 Å². The first-order valence-corrected chi connectivity index (χ1v) is 9.43. The van der Waals surface area contributed by atoms with Crippen LogP contribution in [0.4, 0.5) is 5.69 Å². The largest absolute Gasteiger partial charge is 0.457 e. The molecule has 5 rings (SSSR count). The summed E-state index contributed by atoms with van der Waals surface area (Å²) in [5, 5.41) is 16.3. The van der Waals surface area contributed by atoms with Gasteiger partial charge in [0.2, 0.25) is 5.82 Å². The van der Waals surface area contributed by atoms with Crippen molar-refractivity contribution in [2.45, 2.75) is 18.9 Å². The van der Waals surface area contributed by atoms with Gasteiger partial charge in [0.25, 0.3) is 11.6 Å². The van der Waals surface area contributed by atoms with Gasteiger partial charge in [0.15, 0.2) is 0 Å². The third kappa shape index (κ3) is 3.35. The summed E-state index contributed by atoms with van der Waals surface area (Å²) in [5.74, 6) is 2.06. The van der Waals surface area contributed by atoms with Crippen LogP contribution in [0.3, 0.4) is 0 Å². The molecule has 9 nitrogen and oxygen atoms in total. The Hall–Kier alpha value is -3.85. The number of ether oxygens (including phenoxy) is 2. The zero-order valence-electron chi connectivity index (χ0n) is 15.7. The third-order valence-corrected chi connectivity index (χ3v) is 4.94. The van der Waals surface area contributed by atoms with E-state index in [1.165, 1.54) is 12.3 Å². The number of pyridine rings is 1. The van der Waals surface area contributed by atoms with E-state index < -0.39 is 4.92 Å². The Kier molecular flexibility index (Phi) is 4.56. The highest BCUT2D eigenvalue weighted by molar-refractivity contribution is 5.94. The number of rotatable bonds is 5. The third-order valence-electron chi connectivity index (χ3n) is 4.94. The van der Waals surface area contributed by atoms with Crippen molar-refractivity contribution in [2.24, 2.45) is 0 Å². The molecule has 9 heteroatoms. The lowest BCUT2D eigenvalue weighted by Gasteiger charge is -2.09. The Bertz CT molecular complexity index is 1220. The van der Waals surface area contributed by atoms with Gasteiger partial charge < -0.3 is 14.0 Å². The normalized spacial score (nSPS) is 16.1. The summed E-state index contributed by atoms with van der Waals surface area (Å²) in [6, 6.07) is 11.9. The summed E-state index contributed by atoms with van der Waals surface area (Å²) >= 11 is 0. The molecule has 150 valence electrons. The first kappa shape index (κ1) is 18.2. The molecule has 30 heavy (non-hydrogen) atoms. The molecule has 1 unspecified atom stereocenters. The molecule has 4 aromatic rings. The first-order valence-electron chi connectivity index (χ1n) is 9.43. The summed E-state index contributed by atoms with van der Waals surface area (Å²) in [6.07, 6.45) is 4.78. The zero-order chi connectivity index (χ0) is 20.5. The van der Waals surface area contributed by atoms with Gasteiger partial charge in [-0.25, -0.2) is 0 Å². The van der Waals surface area contributed by atoms with Crippen LogP contribution in [-0.4, -0.2) is 26.7 Å². The number of hydrogen-bond donors (Lipinski definition) is 0. The van der Waals surface area contributed by atoms with E-state index >= 15 is 0 Å². The van der Waals surface area contributed by atoms with Crippen LogP contribution >= 0.6 is 0 Å². The molecule has 3 heterocycles. The summed E-state index contributed by atoms with van der Waals surface area (Å²) < 4.78 is 16.9. The molecule has 1 fully saturated rings. The predicted octanol–water partition coefficient (Wildman–Crippen LogP) is 4.84. The number of hydrogen-bond acceptors (Lipinski definition) is 8. The van der Waals surface area contributed by atoms with Crippen molar-refractivity contribution >= 4 is 16.5 Å². The summed E-state index contributed by atoms with van der Waals surface area (Å²) in [7, 11) is 0. The monoisotopic (exact) mass is 404 g/mol. The van der Waals surface area contributed by atoms with E-state index in [0.29, 0.717) is 40.6 Å². The van der Waals surface area contributed by atoms with Crippen molar-refractivity contribution in [3.05, 3.63) is 70.9 Å². The molecular weight excluding hydrogens is 388 g/mol. The van der Waals surface area contributed by atoms with E-state index in [4.69, 9.17) is 14.0 Å². The van der Waals surface area contributed by atoms with E-state index in [9.17, 15) is 10.1 Å². The highest BCUT2D eigenvalue weighted by atomic mass is 16.6. The highest BCUT2D eigenvalue weighted by Crippen LogP contribution is 2.35. The van der Waals surface area contributed by atoms with E-state index in [-0.39, 0.29) is 11.8 Å². The van der Waals surface area contributed by atoms with Crippen LogP contribution < -0.4 is 4.74 Å². The van der Waals surface area contributed by atoms with Crippen LogP contribution in [-0.2, 0) is 4.74 Å². The molecule has 0 bridgehead atoms. The molecule has 1 aliphatic heterocycles. The Morgan fingerprint density at radius 2 is 1.97 bits per heavy atom. The predicted molar refractivity (Wildman–Crippen MR) is 106 cm³/mol. The van der Waals surface area contributed by atoms with E-state index in [1.54, 1.807) is 30.5 Å². The fraction of sp³-hybridized carbons (Fsp3) is 0.190. The van der Waals surface area contributed by atoms with Crippen LogP contribution in [0.5, 0.6) is 11.5 Å². The number of nitrogens with zero attached hydrogens (tertiary/aromatic N) is 4. The van der Waals surface area contributed by atoms with Crippen LogP contribution in [0, 0.1) is 10.1 Å². The van der Waals surface area contributed by atoms with Gasteiger partial charge >= 0.3 is 0 Å². The topological polar surface area (TPSA) is 113 Å². The number of aromatic nitrogens is 3. The van der Waals surface area contributed by atoms with Crippen LogP contribution in [0.1, 0.15) is 24.8 Å². The fourth-order valence-electron chi connectivity index (χ4n) is 3.45. The fourth-order valence-corrected chi connectivity index (χ4v) is 3.45. The second-order valence-corrected chi connectivity index (χ2v) is 6.85. The minimum absolute atomic E-state index is 0.0139. The minimum atomic E-state index is -0.432. The Labute approximate surface area is 170 Å². The number of nitro benzene ring substituents is 1. The second-order valence-electron chi connectivity index (χ2n) is 6.85. The molecule has 0 radical (unpaired) electrons. The van der Waals surface area contributed by atoms with Crippen molar-refractivity contribution in [1.82, 2.24) is 15.1 Å². The van der Waals surface area contributed by atoms with Gasteiger partial charge in [0, 0.05) is 36.0 Å². The molecule has 1 aliphatic rings. The average molecular weight is 404 g/mol. The number of benzene rings is 2. The lowest BCUT2D eigenvalue weighted by molar-refractivity contribution is -0.383. The maximum absolute atomic E-state index is 11.3. The van der Waals surface area contributed by atoms with Crippen molar-refractivity contribution < 1.29 is 18.9 Å². The molecule has 0 N–H and O–H groups in total. The summed E-state index contributed by atoms with van der Waals surface area (Å²) in [5.41, 5.74) is 0.771. The van der Waals surface area contributed by atoms with E-state index in [0.717, 1.165) is 18.4 Å². The van der Waals surface area contributed by atoms with Crippen molar-refractivity contribution in [3.8, 4) is 22.9 Å². The van der Waals surface area contributed by atoms with Gasteiger partial charge in [-0.05, 0) is 49.2 Å². The van der Waals surface area contributed by atoms with Crippen LogP contribution in [0.15, 0.2) is 59.4 Å². The van der Waals surface area contributed by atoms with Crippen LogP contribution in [0.25, 0.3) is 22.2 Å². The van der Waals surface area contributed by atoms with E-state index in [2.05, 4.69) is 15.1 Å². The lowest BCUT2D eigenvalue weighted by Crippen LogP contribution is -1.95. The van der Waals surface area contributed by atoms with Crippen LogP contribution in [0.2, 0.25) is 0 Å². The quantitative estimate of drug-likeness (QED) is 0.343. The van der Waals surface area contributed by atoms with Gasteiger partial charge in [0.1, 0.15) is 17.6 Å². The Morgan fingerprint density at radius 3 is 2.73 bits per heavy atom. The molecule has 0 aliphatic carbocycles. The minimum Gasteiger partial charge on any atom is -0.457 e. The Morgan fingerprint density at radius 1 is 1.10 bits per heavy atom. The van der Waals surface area contributed by atoms with Gasteiger partial charge in [-0.2, -0.15) is 4.98 Å². The second kappa shape index (κ2) is 7.53.